The number of hydrogen-bond donors (Lipinski definition) is 2. The standard InChI is InChI=1S/C21H26N2O3S/c1-15-6-5-9-20(16(15)2)23-21(24)14-22-17-10-12-19(13-11-17)27(25,26)18-7-3-4-8-18/h5-6,9-13,18,22H,3-4,7-8,14H2,1-2H3,(H,23,24). The summed E-state index contributed by atoms with van der Waals surface area (Å²) in [5, 5.41) is 5.69. The zero-order valence-corrected chi connectivity index (χ0v) is 16.6. The number of carbonyl (C=O) groups excluding carboxylic acids is 1. The number of benzene rings is 2. The summed E-state index contributed by atoms with van der Waals surface area (Å²) in [7, 11) is -3.24. The predicted molar refractivity (Wildman–Crippen MR) is 109 cm³/mol. The maximum absolute atomic E-state index is 12.6. The van der Waals surface area contributed by atoms with Gasteiger partial charge in [0.15, 0.2) is 9.84 Å². The Balaban J connectivity index is 1.58. The van der Waals surface area contributed by atoms with Crippen LogP contribution in [0.4, 0.5) is 11.4 Å². The van der Waals surface area contributed by atoms with Crippen LogP contribution in [0.15, 0.2) is 47.4 Å². The van der Waals surface area contributed by atoms with E-state index >= 15 is 0 Å². The molecule has 0 radical (unpaired) electrons. The molecule has 1 amide bonds. The van der Waals surface area contributed by atoms with Gasteiger partial charge in [-0.15, -0.1) is 0 Å². The minimum absolute atomic E-state index is 0.113. The van der Waals surface area contributed by atoms with Gasteiger partial charge in [-0.2, -0.15) is 0 Å². The van der Waals surface area contributed by atoms with E-state index in [2.05, 4.69) is 10.6 Å². The largest absolute Gasteiger partial charge is 0.376 e. The van der Waals surface area contributed by atoms with Gasteiger partial charge in [-0.05, 0) is 68.1 Å². The number of hydrogen-bond acceptors (Lipinski definition) is 4. The maximum atomic E-state index is 12.6. The maximum Gasteiger partial charge on any atom is 0.243 e. The molecule has 1 fully saturated rings. The Hall–Kier alpha value is -2.34. The summed E-state index contributed by atoms with van der Waals surface area (Å²) in [6.45, 7) is 4.09. The van der Waals surface area contributed by atoms with Gasteiger partial charge in [0.1, 0.15) is 0 Å². The Morgan fingerprint density at radius 1 is 1.04 bits per heavy atom. The SMILES string of the molecule is Cc1cccc(NC(=O)CNc2ccc(S(=O)(=O)C3CCCC3)cc2)c1C. The van der Waals surface area contributed by atoms with Crippen molar-refractivity contribution in [3.05, 3.63) is 53.6 Å². The second kappa shape index (κ2) is 8.13. The molecule has 0 saturated heterocycles. The first-order valence-electron chi connectivity index (χ1n) is 9.32. The number of carbonyl (C=O) groups is 1. The fourth-order valence-corrected chi connectivity index (χ4v) is 5.27. The highest BCUT2D eigenvalue weighted by Crippen LogP contribution is 2.30. The van der Waals surface area contributed by atoms with Gasteiger partial charge in [0.2, 0.25) is 5.91 Å². The van der Waals surface area contributed by atoms with E-state index in [9.17, 15) is 13.2 Å². The summed E-state index contributed by atoms with van der Waals surface area (Å²) in [6.07, 6.45) is 3.47. The number of anilines is 2. The number of amides is 1. The van der Waals surface area contributed by atoms with Crippen LogP contribution in [0.2, 0.25) is 0 Å². The Kier molecular flexibility index (Phi) is 5.85. The molecule has 0 bridgehead atoms. The molecular formula is C21H26N2O3S. The van der Waals surface area contributed by atoms with E-state index in [1.165, 1.54) is 0 Å². The third kappa shape index (κ3) is 4.50. The van der Waals surface area contributed by atoms with Gasteiger partial charge in [-0.1, -0.05) is 25.0 Å². The lowest BCUT2D eigenvalue weighted by Gasteiger charge is -2.13. The molecule has 3 rings (SSSR count). The molecule has 0 spiro atoms. The number of nitrogens with one attached hydrogen (secondary N) is 2. The molecule has 0 heterocycles. The van der Waals surface area contributed by atoms with Crippen LogP contribution < -0.4 is 10.6 Å². The van der Waals surface area contributed by atoms with E-state index < -0.39 is 9.84 Å². The van der Waals surface area contributed by atoms with Crippen LogP contribution in [0.5, 0.6) is 0 Å². The molecule has 2 N–H and O–H groups in total. The average Bonchev–Trinajstić information content (AvgIpc) is 3.20. The zero-order valence-electron chi connectivity index (χ0n) is 15.8. The van der Waals surface area contributed by atoms with Gasteiger partial charge in [0.25, 0.3) is 0 Å². The van der Waals surface area contributed by atoms with Crippen molar-refractivity contribution in [2.45, 2.75) is 49.7 Å². The molecule has 144 valence electrons. The second-order valence-electron chi connectivity index (χ2n) is 7.13. The molecule has 0 aromatic heterocycles. The van der Waals surface area contributed by atoms with Crippen LogP contribution >= 0.6 is 0 Å². The lowest BCUT2D eigenvalue weighted by Crippen LogP contribution is -2.22. The summed E-state index contributed by atoms with van der Waals surface area (Å²) >= 11 is 0. The number of aryl methyl sites for hydroxylation is 1. The Labute approximate surface area is 161 Å². The van der Waals surface area contributed by atoms with Crippen molar-refractivity contribution in [3.63, 3.8) is 0 Å². The van der Waals surface area contributed by atoms with E-state index in [-0.39, 0.29) is 17.7 Å². The molecular weight excluding hydrogens is 360 g/mol. The molecule has 0 aliphatic heterocycles. The summed E-state index contributed by atoms with van der Waals surface area (Å²) in [6, 6.07) is 12.5. The summed E-state index contributed by atoms with van der Waals surface area (Å²) < 4.78 is 25.2. The normalized spacial score (nSPS) is 14.9. The quantitative estimate of drug-likeness (QED) is 0.785. The molecule has 0 unspecified atom stereocenters. The smallest absolute Gasteiger partial charge is 0.243 e. The highest BCUT2D eigenvalue weighted by atomic mass is 32.2. The summed E-state index contributed by atoms with van der Waals surface area (Å²) in [5.74, 6) is -0.147. The molecule has 1 aliphatic rings. The Morgan fingerprint density at radius 2 is 1.70 bits per heavy atom. The van der Waals surface area contributed by atoms with Crippen molar-refractivity contribution in [2.75, 3.05) is 17.2 Å². The van der Waals surface area contributed by atoms with Crippen LogP contribution in [0.25, 0.3) is 0 Å². The van der Waals surface area contributed by atoms with E-state index in [0.717, 1.165) is 48.2 Å². The summed E-state index contributed by atoms with van der Waals surface area (Å²) in [4.78, 5) is 12.5. The zero-order chi connectivity index (χ0) is 19.4. The lowest BCUT2D eigenvalue weighted by atomic mass is 10.1. The van der Waals surface area contributed by atoms with Crippen LogP contribution in [0.1, 0.15) is 36.8 Å². The van der Waals surface area contributed by atoms with Crippen LogP contribution in [0, 0.1) is 13.8 Å². The first kappa shape index (κ1) is 19.4. The molecule has 27 heavy (non-hydrogen) atoms. The van der Waals surface area contributed by atoms with E-state index in [1.807, 2.05) is 32.0 Å². The first-order valence-corrected chi connectivity index (χ1v) is 10.9. The molecule has 2 aromatic carbocycles. The Bertz CT molecular complexity index is 915. The first-order chi connectivity index (χ1) is 12.9. The molecule has 6 heteroatoms. The molecule has 0 atom stereocenters. The van der Waals surface area contributed by atoms with Gasteiger partial charge in [-0.3, -0.25) is 4.79 Å². The predicted octanol–water partition coefficient (Wildman–Crippen LogP) is 4.07. The van der Waals surface area contributed by atoms with Crippen molar-refractivity contribution in [1.29, 1.82) is 0 Å². The van der Waals surface area contributed by atoms with Gasteiger partial charge >= 0.3 is 0 Å². The van der Waals surface area contributed by atoms with Crippen molar-refractivity contribution < 1.29 is 13.2 Å². The highest BCUT2D eigenvalue weighted by Gasteiger charge is 2.30. The number of rotatable bonds is 6. The van der Waals surface area contributed by atoms with Crippen molar-refractivity contribution in [1.82, 2.24) is 0 Å². The van der Waals surface area contributed by atoms with Gasteiger partial charge < -0.3 is 10.6 Å². The third-order valence-electron chi connectivity index (χ3n) is 5.26. The number of sulfone groups is 1. The van der Waals surface area contributed by atoms with Crippen LogP contribution in [-0.4, -0.2) is 26.1 Å². The van der Waals surface area contributed by atoms with Crippen LogP contribution in [0.3, 0.4) is 0 Å². The fourth-order valence-electron chi connectivity index (χ4n) is 3.42. The monoisotopic (exact) mass is 386 g/mol. The fraction of sp³-hybridized carbons (Fsp3) is 0.381. The van der Waals surface area contributed by atoms with Gasteiger partial charge in [0, 0.05) is 11.4 Å². The molecule has 5 nitrogen and oxygen atoms in total. The third-order valence-corrected chi connectivity index (χ3v) is 7.53. The summed E-state index contributed by atoms with van der Waals surface area (Å²) in [5.41, 5.74) is 3.70. The minimum Gasteiger partial charge on any atom is -0.376 e. The lowest BCUT2D eigenvalue weighted by molar-refractivity contribution is -0.114. The highest BCUT2D eigenvalue weighted by molar-refractivity contribution is 7.92. The van der Waals surface area contributed by atoms with Crippen LogP contribution in [-0.2, 0) is 14.6 Å². The van der Waals surface area contributed by atoms with Crippen molar-refractivity contribution in [3.8, 4) is 0 Å². The topological polar surface area (TPSA) is 75.3 Å². The molecule has 2 aromatic rings. The van der Waals surface area contributed by atoms with Crippen molar-refractivity contribution >= 4 is 27.1 Å². The Morgan fingerprint density at radius 3 is 2.37 bits per heavy atom. The molecule has 1 aliphatic carbocycles. The van der Waals surface area contributed by atoms with E-state index in [0.29, 0.717) is 4.90 Å². The minimum atomic E-state index is -3.24. The molecule has 1 saturated carbocycles. The van der Waals surface area contributed by atoms with Gasteiger partial charge in [0.05, 0.1) is 16.7 Å². The average molecular weight is 387 g/mol. The second-order valence-corrected chi connectivity index (χ2v) is 9.35. The van der Waals surface area contributed by atoms with Gasteiger partial charge in [-0.25, -0.2) is 8.42 Å². The van der Waals surface area contributed by atoms with E-state index in [4.69, 9.17) is 0 Å². The van der Waals surface area contributed by atoms with E-state index in [1.54, 1.807) is 24.3 Å². The van der Waals surface area contributed by atoms with Crippen molar-refractivity contribution in [2.24, 2.45) is 0 Å².